The summed E-state index contributed by atoms with van der Waals surface area (Å²) in [6.07, 6.45) is 12.8. The molecule has 144 valence electrons. The van der Waals surface area contributed by atoms with E-state index < -0.39 is 0 Å². The van der Waals surface area contributed by atoms with E-state index >= 15 is 0 Å². The van der Waals surface area contributed by atoms with Crippen molar-refractivity contribution in [2.75, 3.05) is 19.8 Å². The van der Waals surface area contributed by atoms with Crippen LogP contribution in [0.1, 0.15) is 85.0 Å². The molecule has 3 nitrogen and oxygen atoms in total. The second kappa shape index (κ2) is 11.0. The normalized spacial score (nSPS) is 26.0. The number of unbranched alkanes of at least 4 members (excludes halogenated alkanes) is 3. The third-order valence-electron chi connectivity index (χ3n) is 6.11. The average molecular weight is 351 g/mol. The van der Waals surface area contributed by atoms with E-state index in [0.29, 0.717) is 6.61 Å². The molecule has 0 aromatic rings. The van der Waals surface area contributed by atoms with Gasteiger partial charge in [-0.25, -0.2) is 0 Å². The fraction of sp³-hybridized carbons (Fsp3) is 0.864. The predicted octanol–water partition coefficient (Wildman–Crippen LogP) is 5.68. The van der Waals surface area contributed by atoms with E-state index in [1.807, 2.05) is 6.92 Å². The Morgan fingerprint density at radius 2 is 1.68 bits per heavy atom. The van der Waals surface area contributed by atoms with Gasteiger partial charge in [0.15, 0.2) is 0 Å². The maximum atomic E-state index is 11.7. The van der Waals surface area contributed by atoms with Crippen molar-refractivity contribution in [2.45, 2.75) is 85.0 Å². The van der Waals surface area contributed by atoms with Crippen molar-refractivity contribution in [3.8, 4) is 0 Å². The minimum Gasteiger partial charge on any atom is -0.465 e. The Hall–Kier alpha value is -0.830. The van der Waals surface area contributed by atoms with Gasteiger partial charge >= 0.3 is 5.97 Å². The summed E-state index contributed by atoms with van der Waals surface area (Å²) < 4.78 is 11.0. The highest BCUT2D eigenvalue weighted by atomic mass is 16.5. The highest BCUT2D eigenvalue weighted by Crippen LogP contribution is 2.43. The third-order valence-corrected chi connectivity index (χ3v) is 6.11. The van der Waals surface area contributed by atoms with Crippen molar-refractivity contribution in [1.29, 1.82) is 0 Å². The van der Waals surface area contributed by atoms with Crippen LogP contribution < -0.4 is 0 Å². The van der Waals surface area contributed by atoms with Gasteiger partial charge < -0.3 is 9.47 Å². The van der Waals surface area contributed by atoms with E-state index in [1.165, 1.54) is 68.9 Å². The lowest BCUT2D eigenvalue weighted by molar-refractivity contribution is -0.144. The quantitative estimate of drug-likeness (QED) is 0.258. The van der Waals surface area contributed by atoms with Gasteiger partial charge in [0.1, 0.15) is 0 Å². The van der Waals surface area contributed by atoms with Crippen LogP contribution in [0.15, 0.2) is 11.1 Å². The lowest BCUT2D eigenvalue weighted by atomic mass is 9.81. The molecular weight excluding hydrogens is 312 g/mol. The zero-order chi connectivity index (χ0) is 18.1. The largest absolute Gasteiger partial charge is 0.465 e. The first-order valence-electron chi connectivity index (χ1n) is 10.6. The topological polar surface area (TPSA) is 35.5 Å². The summed E-state index contributed by atoms with van der Waals surface area (Å²) in [7, 11) is 0. The maximum Gasteiger partial charge on any atom is 0.317 e. The molecule has 0 N–H and O–H groups in total. The summed E-state index contributed by atoms with van der Waals surface area (Å²) in [5.74, 6) is 1.76. The molecule has 0 aromatic heterocycles. The molecule has 2 aliphatic carbocycles. The number of hydrogen-bond acceptors (Lipinski definition) is 3. The van der Waals surface area contributed by atoms with Crippen LogP contribution in [0, 0.1) is 17.8 Å². The third kappa shape index (κ3) is 6.77. The molecule has 25 heavy (non-hydrogen) atoms. The molecule has 0 spiro atoms. The molecule has 0 saturated heterocycles. The van der Waals surface area contributed by atoms with Crippen molar-refractivity contribution in [2.24, 2.45) is 17.8 Å². The monoisotopic (exact) mass is 350 g/mol. The van der Waals surface area contributed by atoms with E-state index in [2.05, 4.69) is 13.8 Å². The number of carbonyl (C=O) groups excluding carboxylic acids is 1. The molecule has 1 saturated carbocycles. The molecule has 3 heteroatoms. The number of ether oxygens (including phenoxy) is 2. The first kappa shape index (κ1) is 20.5. The van der Waals surface area contributed by atoms with Gasteiger partial charge in [0.25, 0.3) is 0 Å². The van der Waals surface area contributed by atoms with Crippen LogP contribution in [0.2, 0.25) is 0 Å². The van der Waals surface area contributed by atoms with Crippen LogP contribution in [0.25, 0.3) is 0 Å². The van der Waals surface area contributed by atoms with E-state index in [-0.39, 0.29) is 11.9 Å². The minimum absolute atomic E-state index is 0.0195. The Morgan fingerprint density at radius 3 is 2.36 bits per heavy atom. The van der Waals surface area contributed by atoms with E-state index in [9.17, 15) is 4.79 Å². The van der Waals surface area contributed by atoms with Gasteiger partial charge in [0, 0.05) is 13.2 Å². The highest BCUT2D eigenvalue weighted by Gasteiger charge is 2.39. The second-order valence-electron chi connectivity index (χ2n) is 7.93. The van der Waals surface area contributed by atoms with Crippen molar-refractivity contribution in [1.82, 2.24) is 0 Å². The summed E-state index contributed by atoms with van der Waals surface area (Å²) in [6, 6.07) is 0. The second-order valence-corrected chi connectivity index (χ2v) is 7.93. The SMILES string of the molecule is CCOC(=O)[C@@H]1C(C)=C1CCCCCCOCC1CCC(CC)CC1. The van der Waals surface area contributed by atoms with E-state index in [1.54, 1.807) is 0 Å². The van der Waals surface area contributed by atoms with Gasteiger partial charge in [0.2, 0.25) is 0 Å². The minimum atomic E-state index is -0.0450. The summed E-state index contributed by atoms with van der Waals surface area (Å²) >= 11 is 0. The van der Waals surface area contributed by atoms with Gasteiger partial charge in [-0.3, -0.25) is 4.79 Å². The molecule has 0 amide bonds. The van der Waals surface area contributed by atoms with Crippen molar-refractivity contribution in [3.63, 3.8) is 0 Å². The van der Waals surface area contributed by atoms with Crippen LogP contribution >= 0.6 is 0 Å². The lowest BCUT2D eigenvalue weighted by Gasteiger charge is -2.27. The van der Waals surface area contributed by atoms with Crippen LogP contribution in [-0.2, 0) is 14.3 Å². The predicted molar refractivity (Wildman–Crippen MR) is 102 cm³/mol. The summed E-state index contributed by atoms with van der Waals surface area (Å²) in [5, 5.41) is 0. The molecule has 1 atom stereocenters. The van der Waals surface area contributed by atoms with Gasteiger partial charge in [-0.05, 0) is 57.8 Å². The van der Waals surface area contributed by atoms with Crippen molar-refractivity contribution < 1.29 is 14.3 Å². The fourth-order valence-electron chi connectivity index (χ4n) is 4.21. The van der Waals surface area contributed by atoms with Crippen LogP contribution in [0.3, 0.4) is 0 Å². The van der Waals surface area contributed by atoms with Crippen LogP contribution in [0.5, 0.6) is 0 Å². The summed E-state index contributed by atoms with van der Waals surface area (Å²) in [4.78, 5) is 11.7. The van der Waals surface area contributed by atoms with Gasteiger partial charge in [-0.1, -0.05) is 50.2 Å². The zero-order valence-corrected chi connectivity index (χ0v) is 16.6. The Balaban J connectivity index is 1.40. The standard InChI is InChI=1S/C22H38O3/c1-4-18-11-13-19(14-12-18)16-24-15-9-7-6-8-10-20-17(3)21(20)22(23)25-5-2/h18-19,21H,4-16H2,1-3H3/t18?,19?,21-/m1/s1. The summed E-state index contributed by atoms with van der Waals surface area (Å²) in [6.45, 7) is 8.63. The molecular formula is C22H38O3. The van der Waals surface area contributed by atoms with Crippen LogP contribution in [0.4, 0.5) is 0 Å². The zero-order valence-electron chi connectivity index (χ0n) is 16.6. The number of hydrogen-bond donors (Lipinski definition) is 0. The molecule has 0 aromatic carbocycles. The Morgan fingerprint density at radius 1 is 1.00 bits per heavy atom. The van der Waals surface area contributed by atoms with Crippen LogP contribution in [-0.4, -0.2) is 25.8 Å². The fourth-order valence-corrected chi connectivity index (χ4v) is 4.21. The molecule has 0 heterocycles. The van der Waals surface area contributed by atoms with Gasteiger partial charge in [-0.2, -0.15) is 0 Å². The number of rotatable bonds is 12. The lowest BCUT2D eigenvalue weighted by Crippen LogP contribution is -2.18. The first-order valence-corrected chi connectivity index (χ1v) is 10.6. The highest BCUT2D eigenvalue weighted by molar-refractivity contribution is 5.85. The van der Waals surface area contributed by atoms with Gasteiger partial charge in [0.05, 0.1) is 12.5 Å². The van der Waals surface area contributed by atoms with Gasteiger partial charge in [-0.15, -0.1) is 0 Å². The van der Waals surface area contributed by atoms with E-state index in [4.69, 9.17) is 9.47 Å². The molecule has 0 radical (unpaired) electrons. The average Bonchev–Trinajstić information content (AvgIpc) is 3.27. The smallest absolute Gasteiger partial charge is 0.317 e. The van der Waals surface area contributed by atoms with Crippen molar-refractivity contribution in [3.05, 3.63) is 11.1 Å². The van der Waals surface area contributed by atoms with Crippen molar-refractivity contribution >= 4 is 5.97 Å². The molecule has 0 aliphatic heterocycles. The molecule has 2 aliphatic rings. The summed E-state index contributed by atoms with van der Waals surface area (Å²) in [5.41, 5.74) is 2.58. The molecule has 1 fully saturated rings. The Labute approximate surface area is 154 Å². The molecule has 0 unspecified atom stereocenters. The number of carbonyl (C=O) groups is 1. The Kier molecular flexibility index (Phi) is 9.02. The first-order chi connectivity index (χ1) is 12.2. The van der Waals surface area contributed by atoms with E-state index in [0.717, 1.165) is 31.5 Å². The number of esters is 1. The molecule has 2 rings (SSSR count). The maximum absolute atomic E-state index is 11.7. The Bertz CT molecular complexity index is 433. The molecule has 0 bridgehead atoms.